The first-order valence-electron chi connectivity index (χ1n) is 8.58. The second-order valence-electron chi connectivity index (χ2n) is 6.20. The molecule has 26 heavy (non-hydrogen) atoms. The van der Waals surface area contributed by atoms with Crippen molar-refractivity contribution in [3.63, 3.8) is 0 Å². The van der Waals surface area contributed by atoms with Crippen LogP contribution in [0.5, 0.6) is 0 Å². The Kier molecular flexibility index (Phi) is 4.58. The molecule has 1 aliphatic rings. The fourth-order valence-electron chi connectivity index (χ4n) is 3.13. The van der Waals surface area contributed by atoms with Crippen LogP contribution >= 0.6 is 11.3 Å². The van der Waals surface area contributed by atoms with Gasteiger partial charge in [-0.1, -0.05) is 6.07 Å². The molecule has 0 radical (unpaired) electrons. The molecule has 1 aromatic carbocycles. The summed E-state index contributed by atoms with van der Waals surface area (Å²) in [6, 6.07) is 15.3. The zero-order valence-corrected chi connectivity index (χ0v) is 15.1. The molecule has 0 aliphatic carbocycles. The molecule has 0 N–H and O–H groups in total. The van der Waals surface area contributed by atoms with Crippen molar-refractivity contribution in [2.24, 2.45) is 0 Å². The maximum absolute atomic E-state index is 12.7. The van der Waals surface area contributed by atoms with Gasteiger partial charge in [-0.05, 0) is 47.8 Å². The Balaban J connectivity index is 1.38. The van der Waals surface area contributed by atoms with Crippen LogP contribution in [0.1, 0.15) is 20.0 Å². The van der Waals surface area contributed by atoms with Gasteiger partial charge in [0.2, 0.25) is 0 Å². The maximum atomic E-state index is 12.7. The highest BCUT2D eigenvalue weighted by Crippen LogP contribution is 2.16. The quantitative estimate of drug-likeness (QED) is 0.716. The topological polar surface area (TPSA) is 45.6 Å². The van der Waals surface area contributed by atoms with Gasteiger partial charge in [0.25, 0.3) is 11.8 Å². The van der Waals surface area contributed by atoms with Crippen LogP contribution in [0.3, 0.4) is 0 Å². The molecule has 3 aromatic rings. The predicted octanol–water partition coefficient (Wildman–Crippen LogP) is 3.14. The van der Waals surface area contributed by atoms with Crippen LogP contribution in [0.4, 0.5) is 0 Å². The fraction of sp³-hybridized carbons (Fsp3) is 0.200. The summed E-state index contributed by atoms with van der Waals surface area (Å²) >= 11 is 1.46. The highest BCUT2D eigenvalue weighted by Gasteiger charge is 2.25. The smallest absolute Gasteiger partial charge is 0.264 e. The van der Waals surface area contributed by atoms with E-state index >= 15 is 0 Å². The van der Waals surface area contributed by atoms with E-state index in [0.29, 0.717) is 31.7 Å². The number of nitrogens with zero attached hydrogens (tertiary/aromatic N) is 3. The van der Waals surface area contributed by atoms with Gasteiger partial charge in [-0.15, -0.1) is 11.3 Å². The Hall–Kier alpha value is -2.86. The molecule has 3 heterocycles. The number of thiophene rings is 1. The third kappa shape index (κ3) is 3.28. The fourth-order valence-corrected chi connectivity index (χ4v) is 3.82. The minimum Gasteiger partial charge on any atom is -0.335 e. The van der Waals surface area contributed by atoms with Gasteiger partial charge in [-0.3, -0.25) is 9.59 Å². The van der Waals surface area contributed by atoms with Gasteiger partial charge in [0.05, 0.1) is 4.88 Å². The van der Waals surface area contributed by atoms with Crippen LogP contribution < -0.4 is 0 Å². The van der Waals surface area contributed by atoms with E-state index < -0.39 is 0 Å². The summed E-state index contributed by atoms with van der Waals surface area (Å²) < 4.78 is 2.00. The molecular formula is C20H19N3O2S. The van der Waals surface area contributed by atoms with Crippen molar-refractivity contribution in [2.45, 2.75) is 0 Å². The summed E-state index contributed by atoms with van der Waals surface area (Å²) in [5.41, 5.74) is 1.71. The summed E-state index contributed by atoms with van der Waals surface area (Å²) in [6.07, 6.45) is 3.95. The number of piperazine rings is 1. The Morgan fingerprint density at radius 2 is 1.38 bits per heavy atom. The van der Waals surface area contributed by atoms with E-state index in [9.17, 15) is 9.59 Å². The lowest BCUT2D eigenvalue weighted by molar-refractivity contribution is 0.0538. The molecule has 1 fully saturated rings. The molecule has 0 saturated carbocycles. The number of hydrogen-bond donors (Lipinski definition) is 0. The van der Waals surface area contributed by atoms with Crippen molar-refractivity contribution >= 4 is 23.2 Å². The first kappa shape index (κ1) is 16.6. The molecule has 2 aromatic heterocycles. The van der Waals surface area contributed by atoms with E-state index in [0.717, 1.165) is 10.6 Å². The lowest BCUT2D eigenvalue weighted by atomic mass is 10.1. The Labute approximate surface area is 156 Å². The van der Waals surface area contributed by atoms with E-state index in [2.05, 4.69) is 0 Å². The van der Waals surface area contributed by atoms with Crippen molar-refractivity contribution in [1.29, 1.82) is 0 Å². The molecule has 5 nitrogen and oxygen atoms in total. The van der Waals surface area contributed by atoms with E-state index in [1.54, 1.807) is 0 Å². The molecule has 0 atom stereocenters. The Bertz CT molecular complexity index is 878. The molecule has 0 spiro atoms. The summed E-state index contributed by atoms with van der Waals surface area (Å²) in [4.78, 5) is 29.5. The number of hydrogen-bond acceptors (Lipinski definition) is 3. The zero-order chi connectivity index (χ0) is 17.9. The van der Waals surface area contributed by atoms with Gasteiger partial charge in [0, 0.05) is 49.8 Å². The van der Waals surface area contributed by atoms with Crippen molar-refractivity contribution in [3.8, 4) is 5.69 Å². The average molecular weight is 365 g/mol. The second kappa shape index (κ2) is 7.17. The monoisotopic (exact) mass is 365 g/mol. The van der Waals surface area contributed by atoms with Crippen molar-refractivity contribution < 1.29 is 9.59 Å². The summed E-state index contributed by atoms with van der Waals surface area (Å²) in [6.45, 7) is 2.28. The number of carbonyl (C=O) groups is 2. The van der Waals surface area contributed by atoms with E-state index in [1.807, 2.05) is 80.7 Å². The first-order chi connectivity index (χ1) is 12.7. The molecule has 2 amide bonds. The molecule has 132 valence electrons. The third-order valence-electron chi connectivity index (χ3n) is 4.60. The standard InChI is InChI=1S/C20H19N3O2S/c24-19(16-5-7-17(8-6-16)21-9-1-2-10-21)22-11-13-23(14-12-22)20(25)18-4-3-15-26-18/h1-10,15H,11-14H2. The van der Waals surface area contributed by atoms with Gasteiger partial charge in [0.1, 0.15) is 0 Å². The van der Waals surface area contributed by atoms with E-state index in [4.69, 9.17) is 0 Å². The highest BCUT2D eigenvalue weighted by molar-refractivity contribution is 7.12. The van der Waals surface area contributed by atoms with Crippen LogP contribution in [0.2, 0.25) is 0 Å². The summed E-state index contributed by atoms with van der Waals surface area (Å²) in [5, 5.41) is 1.91. The van der Waals surface area contributed by atoms with Gasteiger partial charge in [-0.2, -0.15) is 0 Å². The Morgan fingerprint density at radius 1 is 0.769 bits per heavy atom. The SMILES string of the molecule is O=C(c1ccc(-n2cccc2)cc1)N1CCN(C(=O)c2cccs2)CC1. The van der Waals surface area contributed by atoms with Gasteiger partial charge >= 0.3 is 0 Å². The minimum absolute atomic E-state index is 0.0206. The molecule has 1 saturated heterocycles. The van der Waals surface area contributed by atoms with Crippen LogP contribution in [-0.2, 0) is 0 Å². The normalized spacial score (nSPS) is 14.5. The second-order valence-corrected chi connectivity index (χ2v) is 7.15. The largest absolute Gasteiger partial charge is 0.335 e. The van der Waals surface area contributed by atoms with Gasteiger partial charge < -0.3 is 14.4 Å². The first-order valence-corrected chi connectivity index (χ1v) is 9.46. The van der Waals surface area contributed by atoms with Crippen LogP contribution in [0, 0.1) is 0 Å². The predicted molar refractivity (Wildman–Crippen MR) is 102 cm³/mol. The number of benzene rings is 1. The minimum atomic E-state index is 0.0206. The van der Waals surface area contributed by atoms with E-state index in [-0.39, 0.29) is 11.8 Å². The summed E-state index contributed by atoms with van der Waals surface area (Å²) in [5.74, 6) is 0.0791. The lowest BCUT2D eigenvalue weighted by Gasteiger charge is -2.34. The number of amides is 2. The molecule has 4 rings (SSSR count). The van der Waals surface area contributed by atoms with Gasteiger partial charge in [0.15, 0.2) is 0 Å². The zero-order valence-electron chi connectivity index (χ0n) is 14.2. The van der Waals surface area contributed by atoms with Crippen molar-refractivity contribution in [3.05, 3.63) is 76.7 Å². The lowest BCUT2D eigenvalue weighted by Crippen LogP contribution is -2.50. The third-order valence-corrected chi connectivity index (χ3v) is 5.46. The van der Waals surface area contributed by atoms with Crippen LogP contribution in [0.15, 0.2) is 66.3 Å². The number of rotatable bonds is 3. The van der Waals surface area contributed by atoms with Crippen molar-refractivity contribution in [2.75, 3.05) is 26.2 Å². The number of carbonyl (C=O) groups excluding carboxylic acids is 2. The van der Waals surface area contributed by atoms with Crippen LogP contribution in [-0.4, -0.2) is 52.4 Å². The van der Waals surface area contributed by atoms with Gasteiger partial charge in [-0.25, -0.2) is 0 Å². The molecule has 0 bridgehead atoms. The summed E-state index contributed by atoms with van der Waals surface area (Å²) in [7, 11) is 0. The Morgan fingerprint density at radius 3 is 1.96 bits per heavy atom. The number of aromatic nitrogens is 1. The van der Waals surface area contributed by atoms with Crippen LogP contribution in [0.25, 0.3) is 5.69 Å². The maximum Gasteiger partial charge on any atom is 0.264 e. The molecule has 0 unspecified atom stereocenters. The highest BCUT2D eigenvalue weighted by atomic mass is 32.1. The van der Waals surface area contributed by atoms with Crippen molar-refractivity contribution in [1.82, 2.24) is 14.4 Å². The average Bonchev–Trinajstić information content (AvgIpc) is 3.41. The molecule has 1 aliphatic heterocycles. The molecular weight excluding hydrogens is 346 g/mol. The molecule has 6 heteroatoms. The van der Waals surface area contributed by atoms with E-state index in [1.165, 1.54) is 11.3 Å².